The number of hydrogen-bond acceptors (Lipinski definition) is 3. The van der Waals surface area contributed by atoms with Crippen LogP contribution in [0.4, 0.5) is 0 Å². The van der Waals surface area contributed by atoms with Crippen molar-refractivity contribution in [2.24, 2.45) is 5.73 Å². The molecule has 0 spiro atoms. The van der Waals surface area contributed by atoms with E-state index >= 15 is 0 Å². The van der Waals surface area contributed by atoms with Crippen molar-refractivity contribution in [3.63, 3.8) is 0 Å². The molecular weight excluding hydrogens is 176 g/mol. The van der Waals surface area contributed by atoms with Crippen LogP contribution in [-0.2, 0) is 6.42 Å². The quantitative estimate of drug-likeness (QED) is 0.750. The van der Waals surface area contributed by atoms with Gasteiger partial charge in [0.25, 0.3) is 0 Å². The highest BCUT2D eigenvalue weighted by molar-refractivity contribution is 5.32. The molecule has 0 heterocycles. The Morgan fingerprint density at radius 1 is 1.50 bits per heavy atom. The Hall–Kier alpha value is -1.37. The van der Waals surface area contributed by atoms with Gasteiger partial charge in [0, 0.05) is 0 Å². The third kappa shape index (κ3) is 2.32. The van der Waals surface area contributed by atoms with Gasteiger partial charge < -0.3 is 10.8 Å². The molecule has 0 saturated carbocycles. The van der Waals surface area contributed by atoms with E-state index in [4.69, 9.17) is 11.0 Å². The maximum atomic E-state index is 9.36. The summed E-state index contributed by atoms with van der Waals surface area (Å²) in [6.45, 7) is 1.65. The second-order valence-corrected chi connectivity index (χ2v) is 3.30. The number of nitrogens with two attached hydrogens (primary N) is 1. The summed E-state index contributed by atoms with van der Waals surface area (Å²) in [5, 5.41) is 18.0. The SMILES string of the molecule is C[C@@H](O)[C@@H](N)c1ccccc1CC#N. The summed E-state index contributed by atoms with van der Waals surface area (Å²) in [6, 6.07) is 9.10. The van der Waals surface area contributed by atoms with Crippen LogP contribution in [0.1, 0.15) is 24.1 Å². The van der Waals surface area contributed by atoms with Gasteiger partial charge in [-0.3, -0.25) is 0 Å². The lowest BCUT2D eigenvalue weighted by Crippen LogP contribution is -2.24. The first-order valence-corrected chi connectivity index (χ1v) is 4.55. The molecule has 74 valence electrons. The lowest BCUT2D eigenvalue weighted by molar-refractivity contribution is 0.164. The van der Waals surface area contributed by atoms with E-state index in [2.05, 4.69) is 6.07 Å². The number of aliphatic hydroxyl groups is 1. The summed E-state index contributed by atoms with van der Waals surface area (Å²) in [4.78, 5) is 0. The fourth-order valence-corrected chi connectivity index (χ4v) is 1.37. The van der Waals surface area contributed by atoms with Gasteiger partial charge in [-0.1, -0.05) is 24.3 Å². The zero-order chi connectivity index (χ0) is 10.6. The second kappa shape index (κ2) is 4.75. The summed E-state index contributed by atoms with van der Waals surface area (Å²) in [5.41, 5.74) is 7.55. The van der Waals surface area contributed by atoms with Gasteiger partial charge in [-0.05, 0) is 18.1 Å². The van der Waals surface area contributed by atoms with E-state index in [0.717, 1.165) is 11.1 Å². The van der Waals surface area contributed by atoms with Crippen LogP contribution in [-0.4, -0.2) is 11.2 Å². The number of hydrogen-bond donors (Lipinski definition) is 2. The number of benzene rings is 1. The molecule has 0 fully saturated rings. The van der Waals surface area contributed by atoms with E-state index in [1.54, 1.807) is 6.92 Å². The van der Waals surface area contributed by atoms with Crippen LogP contribution in [0.5, 0.6) is 0 Å². The summed E-state index contributed by atoms with van der Waals surface area (Å²) < 4.78 is 0. The second-order valence-electron chi connectivity index (χ2n) is 3.30. The van der Waals surface area contributed by atoms with E-state index in [0.29, 0.717) is 6.42 Å². The fraction of sp³-hybridized carbons (Fsp3) is 0.364. The molecule has 3 heteroatoms. The number of aliphatic hydroxyl groups excluding tert-OH is 1. The molecule has 1 aromatic rings. The number of nitriles is 1. The molecular formula is C11H14N2O. The maximum absolute atomic E-state index is 9.36. The molecule has 0 bridgehead atoms. The first-order chi connectivity index (χ1) is 6.66. The van der Waals surface area contributed by atoms with Crippen LogP contribution in [0.25, 0.3) is 0 Å². The van der Waals surface area contributed by atoms with Crippen molar-refractivity contribution in [1.82, 2.24) is 0 Å². The van der Waals surface area contributed by atoms with Crippen molar-refractivity contribution in [3.8, 4) is 6.07 Å². The average molecular weight is 190 g/mol. The molecule has 0 saturated heterocycles. The number of rotatable bonds is 3. The predicted octanol–water partition coefficient (Wildman–Crippen LogP) is 1.13. The fourth-order valence-electron chi connectivity index (χ4n) is 1.37. The van der Waals surface area contributed by atoms with E-state index in [1.165, 1.54) is 0 Å². The first-order valence-electron chi connectivity index (χ1n) is 4.55. The molecule has 3 nitrogen and oxygen atoms in total. The Labute approximate surface area is 83.8 Å². The minimum Gasteiger partial charge on any atom is -0.391 e. The summed E-state index contributed by atoms with van der Waals surface area (Å²) in [5.74, 6) is 0. The smallest absolute Gasteiger partial charge is 0.0704 e. The van der Waals surface area contributed by atoms with E-state index in [9.17, 15) is 5.11 Å². The van der Waals surface area contributed by atoms with Crippen molar-refractivity contribution in [3.05, 3.63) is 35.4 Å². The molecule has 14 heavy (non-hydrogen) atoms. The van der Waals surface area contributed by atoms with Crippen LogP contribution in [0.2, 0.25) is 0 Å². The van der Waals surface area contributed by atoms with Gasteiger partial charge in [0.2, 0.25) is 0 Å². The predicted molar refractivity (Wildman–Crippen MR) is 54.4 cm³/mol. The Morgan fingerprint density at radius 2 is 2.14 bits per heavy atom. The molecule has 0 amide bonds. The average Bonchev–Trinajstić information content (AvgIpc) is 2.18. The van der Waals surface area contributed by atoms with Crippen LogP contribution < -0.4 is 5.73 Å². The van der Waals surface area contributed by atoms with Crippen LogP contribution in [0.3, 0.4) is 0 Å². The Balaban J connectivity index is 3.01. The van der Waals surface area contributed by atoms with Crippen molar-refractivity contribution in [2.75, 3.05) is 0 Å². The van der Waals surface area contributed by atoms with Crippen molar-refractivity contribution in [1.29, 1.82) is 5.26 Å². The van der Waals surface area contributed by atoms with Gasteiger partial charge >= 0.3 is 0 Å². The van der Waals surface area contributed by atoms with Gasteiger partial charge in [-0.2, -0.15) is 5.26 Å². The van der Waals surface area contributed by atoms with E-state index in [1.807, 2.05) is 24.3 Å². The van der Waals surface area contributed by atoms with Gasteiger partial charge in [-0.15, -0.1) is 0 Å². The molecule has 1 rings (SSSR count). The molecule has 0 aliphatic heterocycles. The normalized spacial score (nSPS) is 14.4. The number of nitrogens with zero attached hydrogens (tertiary/aromatic N) is 1. The molecule has 0 aliphatic carbocycles. The lowest BCUT2D eigenvalue weighted by atomic mass is 9.96. The molecule has 0 aromatic heterocycles. The highest BCUT2D eigenvalue weighted by Crippen LogP contribution is 2.19. The Kier molecular flexibility index (Phi) is 3.63. The topological polar surface area (TPSA) is 70.0 Å². The minimum atomic E-state index is -0.602. The lowest BCUT2D eigenvalue weighted by Gasteiger charge is -2.17. The van der Waals surface area contributed by atoms with Crippen LogP contribution in [0.15, 0.2) is 24.3 Å². The van der Waals surface area contributed by atoms with Gasteiger partial charge in [-0.25, -0.2) is 0 Å². The first kappa shape index (κ1) is 10.7. The Bertz CT molecular complexity index is 341. The highest BCUT2D eigenvalue weighted by Gasteiger charge is 2.14. The molecule has 3 N–H and O–H groups in total. The summed E-state index contributed by atoms with van der Waals surface area (Å²) in [7, 11) is 0. The third-order valence-electron chi connectivity index (χ3n) is 2.20. The summed E-state index contributed by atoms with van der Waals surface area (Å²) in [6.07, 6.45) is -0.272. The zero-order valence-corrected chi connectivity index (χ0v) is 8.14. The monoisotopic (exact) mass is 190 g/mol. The zero-order valence-electron chi connectivity index (χ0n) is 8.14. The molecule has 1 aromatic carbocycles. The van der Waals surface area contributed by atoms with Crippen molar-refractivity contribution in [2.45, 2.75) is 25.5 Å². The van der Waals surface area contributed by atoms with Crippen LogP contribution in [0, 0.1) is 11.3 Å². The Morgan fingerprint density at radius 3 is 2.71 bits per heavy atom. The molecule has 0 unspecified atom stereocenters. The molecule has 0 radical (unpaired) electrons. The van der Waals surface area contributed by atoms with Crippen LogP contribution >= 0.6 is 0 Å². The highest BCUT2D eigenvalue weighted by atomic mass is 16.3. The van der Waals surface area contributed by atoms with Crippen molar-refractivity contribution >= 4 is 0 Å². The maximum Gasteiger partial charge on any atom is 0.0704 e. The van der Waals surface area contributed by atoms with Gasteiger partial charge in [0.1, 0.15) is 0 Å². The van der Waals surface area contributed by atoms with E-state index < -0.39 is 12.1 Å². The molecule has 2 atom stereocenters. The standard InChI is InChI=1S/C11H14N2O/c1-8(14)11(13)10-5-3-2-4-9(10)6-7-12/h2-5,8,11,14H,6,13H2,1H3/t8-,11-/m1/s1. The largest absolute Gasteiger partial charge is 0.391 e. The van der Waals surface area contributed by atoms with Crippen molar-refractivity contribution < 1.29 is 5.11 Å². The van der Waals surface area contributed by atoms with Gasteiger partial charge in [0.15, 0.2) is 0 Å². The third-order valence-corrected chi connectivity index (χ3v) is 2.20. The minimum absolute atomic E-state index is 0.330. The van der Waals surface area contributed by atoms with E-state index in [-0.39, 0.29) is 0 Å². The van der Waals surface area contributed by atoms with Gasteiger partial charge in [0.05, 0.1) is 24.6 Å². The molecule has 0 aliphatic rings. The summed E-state index contributed by atoms with van der Waals surface area (Å²) >= 11 is 0.